The van der Waals surface area contributed by atoms with E-state index in [0.29, 0.717) is 17.4 Å². The largest absolute Gasteiger partial charge is 0.756 e. The number of ether oxygens (including phenoxy) is 2. The van der Waals surface area contributed by atoms with Crippen molar-refractivity contribution >= 4 is 19.8 Å². The average Bonchev–Trinajstić information content (AvgIpc) is 3.21. The summed E-state index contributed by atoms with van der Waals surface area (Å²) in [7, 11) is 1.15. The molecular weight excluding hydrogens is 786 g/mol. The van der Waals surface area contributed by atoms with Crippen LogP contribution in [0.1, 0.15) is 213 Å². The van der Waals surface area contributed by atoms with Crippen LogP contribution in [0.5, 0.6) is 0 Å². The van der Waals surface area contributed by atoms with Gasteiger partial charge in [0.05, 0.1) is 27.7 Å². The number of phosphoric acid groups is 1. The molecule has 0 heterocycles. The minimum Gasteiger partial charge on any atom is -0.756 e. The van der Waals surface area contributed by atoms with Crippen LogP contribution in [0.25, 0.3) is 0 Å². The molecule has 0 saturated heterocycles. The quantitative estimate of drug-likeness (QED) is 0.0195. The number of carbonyl (C=O) groups is 2. The van der Waals surface area contributed by atoms with Gasteiger partial charge in [0, 0.05) is 12.8 Å². The third-order valence-corrected chi connectivity index (χ3v) is 11.5. The second kappa shape index (κ2) is 43.2. The number of esters is 2. The Hall–Kier alpha value is -2.03. The monoisotopic (exact) mass is 880 g/mol. The number of nitrogens with zero attached hydrogens (tertiary/aromatic N) is 1. The van der Waals surface area contributed by atoms with Crippen molar-refractivity contribution in [3.05, 3.63) is 48.6 Å². The lowest BCUT2D eigenvalue weighted by molar-refractivity contribution is -0.870. The summed E-state index contributed by atoms with van der Waals surface area (Å²) in [6.45, 7) is 4.20. The van der Waals surface area contributed by atoms with E-state index in [0.717, 1.165) is 89.9 Å². The summed E-state index contributed by atoms with van der Waals surface area (Å²) in [5.74, 6) is -0.856. The summed E-state index contributed by atoms with van der Waals surface area (Å²) in [4.78, 5) is 37.7. The van der Waals surface area contributed by atoms with Crippen LogP contribution >= 0.6 is 7.82 Å². The molecule has 0 radical (unpaired) electrons. The molecule has 0 aliphatic heterocycles. The van der Waals surface area contributed by atoms with Crippen molar-refractivity contribution in [2.45, 2.75) is 219 Å². The van der Waals surface area contributed by atoms with Gasteiger partial charge in [-0.3, -0.25) is 14.2 Å². The Kier molecular flexibility index (Phi) is 41.8. The molecule has 2 unspecified atom stereocenters. The Balaban J connectivity index is 4.33. The molecule has 0 aromatic carbocycles. The Labute approximate surface area is 375 Å². The van der Waals surface area contributed by atoms with Crippen LogP contribution in [0.3, 0.4) is 0 Å². The third kappa shape index (κ3) is 47.3. The average molecular weight is 880 g/mol. The number of allylic oxidation sites excluding steroid dienone is 8. The van der Waals surface area contributed by atoms with Crippen LogP contribution in [0.4, 0.5) is 0 Å². The van der Waals surface area contributed by atoms with Crippen molar-refractivity contribution in [2.24, 2.45) is 0 Å². The second-order valence-electron chi connectivity index (χ2n) is 17.8. The van der Waals surface area contributed by atoms with Crippen molar-refractivity contribution in [1.82, 2.24) is 0 Å². The normalized spacial score (nSPS) is 13.9. The fourth-order valence-corrected chi connectivity index (χ4v) is 7.38. The summed E-state index contributed by atoms with van der Waals surface area (Å²) in [6.07, 6.45) is 51.3. The highest BCUT2D eigenvalue weighted by molar-refractivity contribution is 7.45. The molecule has 0 saturated carbocycles. The summed E-state index contributed by atoms with van der Waals surface area (Å²) >= 11 is 0. The number of carbonyl (C=O) groups excluding carboxylic acids is 2. The van der Waals surface area contributed by atoms with Gasteiger partial charge in [-0.15, -0.1) is 0 Å². The van der Waals surface area contributed by atoms with Crippen LogP contribution in [-0.2, 0) is 32.7 Å². The maximum absolute atomic E-state index is 12.7. The van der Waals surface area contributed by atoms with Gasteiger partial charge >= 0.3 is 11.9 Å². The molecule has 10 heteroatoms. The first-order chi connectivity index (χ1) is 29.5. The molecule has 356 valence electrons. The standard InChI is InChI=1S/C51H94NO8P/c1-6-8-10-12-14-16-18-20-22-24-25-26-27-28-30-32-34-36-38-40-42-44-51(54)60-49(48-59-61(55,56)58-46-45-52(3,4)5)47-57-50(53)43-41-39-37-35-33-31-29-23-21-19-17-15-13-11-9-7-2/h18,20,23-25,27-29,49H,6-17,19,21-22,26,30-48H2,1-5H3/b20-18-,25-24-,28-27-,29-23-. The van der Waals surface area contributed by atoms with E-state index in [1.165, 1.54) is 89.9 Å². The highest BCUT2D eigenvalue weighted by Crippen LogP contribution is 2.38. The number of hydrogen-bond donors (Lipinski definition) is 0. The van der Waals surface area contributed by atoms with E-state index in [1.807, 2.05) is 21.1 Å². The van der Waals surface area contributed by atoms with Crippen molar-refractivity contribution < 1.29 is 42.1 Å². The second-order valence-corrected chi connectivity index (χ2v) is 19.2. The van der Waals surface area contributed by atoms with Gasteiger partial charge in [0.2, 0.25) is 0 Å². The van der Waals surface area contributed by atoms with Gasteiger partial charge < -0.3 is 27.9 Å². The van der Waals surface area contributed by atoms with Crippen LogP contribution in [0.15, 0.2) is 48.6 Å². The molecule has 0 aromatic heterocycles. The van der Waals surface area contributed by atoms with E-state index < -0.39 is 32.5 Å². The molecule has 9 nitrogen and oxygen atoms in total. The van der Waals surface area contributed by atoms with Gasteiger partial charge in [0.15, 0.2) is 6.10 Å². The maximum atomic E-state index is 12.7. The van der Waals surface area contributed by atoms with Crippen molar-refractivity contribution in [2.75, 3.05) is 47.5 Å². The molecule has 0 aliphatic carbocycles. The van der Waals surface area contributed by atoms with Crippen LogP contribution in [0.2, 0.25) is 0 Å². The minimum absolute atomic E-state index is 0.0360. The van der Waals surface area contributed by atoms with Gasteiger partial charge in [-0.1, -0.05) is 172 Å². The highest BCUT2D eigenvalue weighted by atomic mass is 31.2. The molecule has 0 rings (SSSR count). The smallest absolute Gasteiger partial charge is 0.306 e. The van der Waals surface area contributed by atoms with E-state index in [2.05, 4.69) is 62.5 Å². The van der Waals surface area contributed by atoms with Gasteiger partial charge in [0.1, 0.15) is 19.8 Å². The Bertz CT molecular complexity index is 1180. The zero-order chi connectivity index (χ0) is 45.0. The lowest BCUT2D eigenvalue weighted by atomic mass is 10.1. The predicted molar refractivity (Wildman–Crippen MR) is 254 cm³/mol. The fourth-order valence-electron chi connectivity index (χ4n) is 6.66. The molecular formula is C51H94NO8P. The van der Waals surface area contributed by atoms with Crippen LogP contribution in [-0.4, -0.2) is 70.0 Å². The molecule has 2 atom stereocenters. The fraction of sp³-hybridized carbons (Fsp3) is 0.804. The SMILES string of the molecule is CCCCCCC/C=C\C/C=C\C/C=C\CCCCCCCCC(=O)OC(COC(=O)CCCCCCC/C=C\CCCCCCCCC)COP(=O)([O-])OCC[N+](C)(C)C. The molecule has 0 aliphatic rings. The first-order valence-electron chi connectivity index (χ1n) is 24.8. The Morgan fingerprint density at radius 2 is 0.885 bits per heavy atom. The Morgan fingerprint density at radius 1 is 0.508 bits per heavy atom. The summed E-state index contributed by atoms with van der Waals surface area (Å²) in [5.41, 5.74) is 0. The molecule has 0 bridgehead atoms. The van der Waals surface area contributed by atoms with E-state index in [1.54, 1.807) is 0 Å². The van der Waals surface area contributed by atoms with Gasteiger partial charge in [-0.25, -0.2) is 0 Å². The number of hydrogen-bond acceptors (Lipinski definition) is 8. The van der Waals surface area contributed by atoms with E-state index in [9.17, 15) is 19.0 Å². The van der Waals surface area contributed by atoms with Crippen molar-refractivity contribution in [3.8, 4) is 0 Å². The molecule has 0 fully saturated rings. The lowest BCUT2D eigenvalue weighted by Gasteiger charge is -2.28. The number of quaternary nitrogens is 1. The van der Waals surface area contributed by atoms with Crippen molar-refractivity contribution in [3.63, 3.8) is 0 Å². The number of phosphoric ester groups is 1. The van der Waals surface area contributed by atoms with Gasteiger partial charge in [-0.05, 0) is 77.0 Å². The zero-order valence-electron chi connectivity index (χ0n) is 40.1. The number of unbranched alkanes of at least 4 members (excludes halogenated alkanes) is 23. The molecule has 0 aromatic rings. The van der Waals surface area contributed by atoms with E-state index >= 15 is 0 Å². The summed E-state index contributed by atoms with van der Waals surface area (Å²) in [5, 5.41) is 0. The first-order valence-corrected chi connectivity index (χ1v) is 26.3. The van der Waals surface area contributed by atoms with Gasteiger partial charge in [-0.2, -0.15) is 0 Å². The zero-order valence-corrected chi connectivity index (χ0v) is 41.0. The molecule has 0 amide bonds. The summed E-state index contributed by atoms with van der Waals surface area (Å²) in [6, 6.07) is 0. The number of likely N-dealkylation sites (N-methyl/N-ethyl adjacent to an activating group) is 1. The van der Waals surface area contributed by atoms with Gasteiger partial charge in [0.25, 0.3) is 7.82 Å². The molecule has 61 heavy (non-hydrogen) atoms. The van der Waals surface area contributed by atoms with E-state index in [-0.39, 0.29) is 26.1 Å². The topological polar surface area (TPSA) is 111 Å². The first kappa shape index (κ1) is 59.0. The predicted octanol–water partition coefficient (Wildman–Crippen LogP) is 14.0. The van der Waals surface area contributed by atoms with Crippen LogP contribution in [0, 0.1) is 0 Å². The summed E-state index contributed by atoms with van der Waals surface area (Å²) < 4.78 is 34.0. The third-order valence-electron chi connectivity index (χ3n) is 10.6. The van der Waals surface area contributed by atoms with Crippen molar-refractivity contribution in [1.29, 1.82) is 0 Å². The maximum Gasteiger partial charge on any atom is 0.306 e. The Morgan fingerprint density at radius 3 is 1.33 bits per heavy atom. The van der Waals surface area contributed by atoms with Crippen LogP contribution < -0.4 is 4.89 Å². The van der Waals surface area contributed by atoms with E-state index in [4.69, 9.17) is 18.5 Å². The molecule has 0 N–H and O–H groups in total. The number of rotatable bonds is 45. The lowest BCUT2D eigenvalue weighted by Crippen LogP contribution is -2.37. The minimum atomic E-state index is -4.64. The highest BCUT2D eigenvalue weighted by Gasteiger charge is 2.21. The molecule has 0 spiro atoms.